The van der Waals surface area contributed by atoms with Crippen LogP contribution in [0, 0.1) is 23.7 Å². The summed E-state index contributed by atoms with van der Waals surface area (Å²) in [5, 5.41) is 10.4. The molecule has 0 spiro atoms. The van der Waals surface area contributed by atoms with E-state index in [2.05, 4.69) is 27.0 Å². The molecule has 158 valence electrons. The summed E-state index contributed by atoms with van der Waals surface area (Å²) in [4.78, 5) is 16.5. The minimum Gasteiger partial charge on any atom is -0.380 e. The zero-order valence-corrected chi connectivity index (χ0v) is 17.7. The third-order valence-corrected chi connectivity index (χ3v) is 7.40. The van der Waals surface area contributed by atoms with E-state index in [1.165, 1.54) is 37.7 Å². The van der Waals surface area contributed by atoms with Crippen molar-refractivity contribution in [3.63, 3.8) is 0 Å². The molecule has 4 bridgehead atoms. The average Bonchev–Trinajstić information content (AvgIpc) is 2.75. The second-order valence-corrected chi connectivity index (χ2v) is 9.43. The molecule has 5 nitrogen and oxygen atoms in total. The van der Waals surface area contributed by atoms with E-state index in [1.807, 2.05) is 43.6 Å². The summed E-state index contributed by atoms with van der Waals surface area (Å²) >= 11 is 0. The largest absolute Gasteiger partial charge is 0.380 e. The molecule has 2 aromatic rings. The van der Waals surface area contributed by atoms with E-state index in [4.69, 9.17) is 0 Å². The van der Waals surface area contributed by atoms with Crippen LogP contribution in [0.5, 0.6) is 0 Å². The lowest BCUT2D eigenvalue weighted by Crippen LogP contribution is -2.51. The fraction of sp³-hybridized carbons (Fsp3) is 0.520. The Morgan fingerprint density at radius 2 is 1.67 bits per heavy atom. The summed E-state index contributed by atoms with van der Waals surface area (Å²) < 4.78 is 0. The van der Waals surface area contributed by atoms with Crippen molar-refractivity contribution in [2.24, 2.45) is 23.7 Å². The molecule has 4 fully saturated rings. The molecule has 4 saturated carbocycles. The van der Waals surface area contributed by atoms with Crippen LogP contribution >= 0.6 is 0 Å². The van der Waals surface area contributed by atoms with Crippen molar-refractivity contribution < 1.29 is 4.79 Å². The predicted octanol–water partition coefficient (Wildman–Crippen LogP) is 4.68. The second-order valence-electron chi connectivity index (χ2n) is 9.43. The number of anilines is 2. The highest BCUT2D eigenvalue weighted by Crippen LogP contribution is 2.54. The highest BCUT2D eigenvalue weighted by molar-refractivity contribution is 5.96. The number of carbonyl (C=O) groups is 1. The van der Waals surface area contributed by atoms with Crippen LogP contribution in [-0.4, -0.2) is 23.5 Å². The monoisotopic (exact) mass is 404 g/mol. The van der Waals surface area contributed by atoms with Crippen molar-refractivity contribution in [2.75, 3.05) is 17.2 Å². The first-order chi connectivity index (χ1) is 14.7. The van der Waals surface area contributed by atoms with E-state index < -0.39 is 0 Å². The van der Waals surface area contributed by atoms with Crippen molar-refractivity contribution >= 4 is 17.3 Å². The lowest BCUT2D eigenvalue weighted by atomic mass is 9.54. The highest BCUT2D eigenvalue weighted by atomic mass is 16.1. The Balaban J connectivity index is 1.38. The number of aromatic nitrogens is 1. The van der Waals surface area contributed by atoms with Gasteiger partial charge in [0.1, 0.15) is 0 Å². The predicted molar refractivity (Wildman–Crippen MR) is 120 cm³/mol. The van der Waals surface area contributed by atoms with Crippen LogP contribution in [0.25, 0.3) is 0 Å². The maximum atomic E-state index is 12.4. The zero-order chi connectivity index (χ0) is 20.5. The Labute approximate surface area is 179 Å². The molecule has 3 N–H and O–H groups in total. The summed E-state index contributed by atoms with van der Waals surface area (Å²) in [5.41, 5.74) is 4.00. The van der Waals surface area contributed by atoms with Gasteiger partial charge in [0.05, 0.1) is 11.4 Å². The van der Waals surface area contributed by atoms with Crippen LogP contribution in [-0.2, 0) is 6.54 Å². The van der Waals surface area contributed by atoms with Gasteiger partial charge in [0, 0.05) is 37.1 Å². The van der Waals surface area contributed by atoms with Crippen LogP contribution in [0.3, 0.4) is 0 Å². The summed E-state index contributed by atoms with van der Waals surface area (Å²) in [6.45, 7) is 3.28. The van der Waals surface area contributed by atoms with Crippen molar-refractivity contribution in [3.8, 4) is 0 Å². The van der Waals surface area contributed by atoms with Gasteiger partial charge in [-0.1, -0.05) is 0 Å². The number of hydrogen-bond acceptors (Lipinski definition) is 4. The minimum atomic E-state index is -0.0226. The fourth-order valence-electron chi connectivity index (χ4n) is 6.26. The molecule has 1 amide bonds. The van der Waals surface area contributed by atoms with E-state index in [0.29, 0.717) is 24.7 Å². The zero-order valence-electron chi connectivity index (χ0n) is 17.7. The number of amides is 1. The van der Waals surface area contributed by atoms with Crippen LogP contribution in [0.2, 0.25) is 0 Å². The van der Waals surface area contributed by atoms with Crippen LogP contribution in [0.15, 0.2) is 42.7 Å². The molecular formula is C25H32N4O. The standard InChI is InChI=1S/C25H32N4O/c1-2-27-25(30)19-3-4-22(23(14-19)28-15-16-5-7-26-8-6-16)29-24-20-10-17-9-18(12-20)13-21(24)11-17/h3-8,14,17-18,20-21,24,28-29H,2,9-13,15H2,1H3,(H,27,30). The number of carbonyl (C=O) groups excluding carboxylic acids is 1. The Morgan fingerprint density at radius 3 is 2.33 bits per heavy atom. The maximum Gasteiger partial charge on any atom is 0.251 e. The molecule has 0 atom stereocenters. The van der Waals surface area contributed by atoms with E-state index >= 15 is 0 Å². The van der Waals surface area contributed by atoms with Crippen molar-refractivity contribution in [1.82, 2.24) is 10.3 Å². The summed E-state index contributed by atoms with van der Waals surface area (Å²) in [6.07, 6.45) is 10.7. The molecule has 4 aliphatic carbocycles. The van der Waals surface area contributed by atoms with Gasteiger partial charge in [-0.3, -0.25) is 9.78 Å². The molecular weight excluding hydrogens is 372 g/mol. The van der Waals surface area contributed by atoms with Gasteiger partial charge in [0.25, 0.3) is 5.91 Å². The topological polar surface area (TPSA) is 66.1 Å². The third-order valence-electron chi connectivity index (χ3n) is 7.40. The summed E-state index contributed by atoms with van der Waals surface area (Å²) in [7, 11) is 0. The average molecular weight is 405 g/mol. The van der Waals surface area contributed by atoms with Gasteiger partial charge in [0.2, 0.25) is 0 Å². The Morgan fingerprint density at radius 1 is 0.967 bits per heavy atom. The van der Waals surface area contributed by atoms with Crippen LogP contribution in [0.4, 0.5) is 11.4 Å². The molecule has 1 aromatic carbocycles. The molecule has 1 aromatic heterocycles. The number of pyridine rings is 1. The normalized spacial score (nSPS) is 28.9. The van der Waals surface area contributed by atoms with Gasteiger partial charge in [-0.2, -0.15) is 0 Å². The summed E-state index contributed by atoms with van der Waals surface area (Å²) in [6, 6.07) is 10.6. The Hall–Kier alpha value is -2.56. The van der Waals surface area contributed by atoms with E-state index in [1.54, 1.807) is 0 Å². The first kappa shape index (κ1) is 19.4. The molecule has 0 unspecified atom stereocenters. The smallest absolute Gasteiger partial charge is 0.251 e. The first-order valence-corrected chi connectivity index (χ1v) is 11.5. The van der Waals surface area contributed by atoms with Gasteiger partial charge >= 0.3 is 0 Å². The number of nitrogens with zero attached hydrogens (tertiary/aromatic N) is 1. The number of hydrogen-bond donors (Lipinski definition) is 3. The van der Waals surface area contributed by atoms with E-state index in [9.17, 15) is 4.79 Å². The Kier molecular flexibility index (Phi) is 5.36. The maximum absolute atomic E-state index is 12.4. The SMILES string of the molecule is CCNC(=O)c1ccc(NC2C3CC4CC(C3)CC2C4)c(NCc2ccncc2)c1. The van der Waals surface area contributed by atoms with Crippen molar-refractivity contribution in [1.29, 1.82) is 0 Å². The summed E-state index contributed by atoms with van der Waals surface area (Å²) in [5.74, 6) is 3.52. The number of rotatable bonds is 7. The van der Waals surface area contributed by atoms with Gasteiger partial charge in [-0.25, -0.2) is 0 Å². The molecule has 0 saturated heterocycles. The molecule has 0 radical (unpaired) electrons. The molecule has 1 heterocycles. The second kappa shape index (κ2) is 8.29. The van der Waals surface area contributed by atoms with Gasteiger partial charge < -0.3 is 16.0 Å². The van der Waals surface area contributed by atoms with Crippen molar-refractivity contribution in [2.45, 2.75) is 51.6 Å². The van der Waals surface area contributed by atoms with Crippen molar-refractivity contribution in [3.05, 3.63) is 53.9 Å². The Bertz CT molecular complexity index is 869. The van der Waals surface area contributed by atoms with Gasteiger partial charge in [-0.15, -0.1) is 0 Å². The molecule has 6 rings (SSSR count). The quantitative estimate of drug-likeness (QED) is 0.627. The molecule has 30 heavy (non-hydrogen) atoms. The van der Waals surface area contributed by atoms with E-state index in [-0.39, 0.29) is 5.91 Å². The van der Waals surface area contributed by atoms with Gasteiger partial charge in [-0.05, 0) is 98.6 Å². The van der Waals surface area contributed by atoms with Gasteiger partial charge in [0.15, 0.2) is 0 Å². The lowest BCUT2D eigenvalue weighted by molar-refractivity contribution is 0.00756. The lowest BCUT2D eigenvalue weighted by Gasteiger charge is -2.54. The van der Waals surface area contributed by atoms with Crippen LogP contribution < -0.4 is 16.0 Å². The first-order valence-electron chi connectivity index (χ1n) is 11.5. The number of nitrogens with one attached hydrogen (secondary N) is 3. The van der Waals surface area contributed by atoms with E-state index in [0.717, 1.165) is 35.0 Å². The van der Waals surface area contributed by atoms with Crippen LogP contribution in [0.1, 0.15) is 54.9 Å². The highest BCUT2D eigenvalue weighted by Gasteiger charge is 2.48. The third kappa shape index (κ3) is 3.90. The fourth-order valence-corrected chi connectivity index (χ4v) is 6.26. The number of benzene rings is 1. The molecule has 5 heteroatoms. The molecule has 4 aliphatic rings. The minimum absolute atomic E-state index is 0.0226. The molecule has 0 aliphatic heterocycles.